The highest BCUT2D eigenvalue weighted by Crippen LogP contribution is 2.09. The van der Waals surface area contributed by atoms with Crippen molar-refractivity contribution in [2.24, 2.45) is 0 Å². The molecule has 1 aliphatic rings. The smallest absolute Gasteiger partial charge is 0.321 e. The number of rotatable bonds is 5. The number of nitrogens with one attached hydrogen (secondary N) is 1. The van der Waals surface area contributed by atoms with E-state index in [-0.39, 0.29) is 6.03 Å². The van der Waals surface area contributed by atoms with Gasteiger partial charge in [-0.2, -0.15) is 0 Å². The van der Waals surface area contributed by atoms with Crippen molar-refractivity contribution in [2.75, 3.05) is 38.0 Å². The van der Waals surface area contributed by atoms with Crippen LogP contribution in [0.1, 0.15) is 12.7 Å². The number of amides is 2. The molecule has 2 amide bonds. The third-order valence-corrected chi connectivity index (χ3v) is 4.46. The summed E-state index contributed by atoms with van der Waals surface area (Å²) in [5.41, 5.74) is 0.845. The topological polar surface area (TPSA) is 53.4 Å². The largest absolute Gasteiger partial charge is 0.334 e. The molecule has 1 aromatic heterocycles. The molecule has 1 N–H and O–H groups in total. The number of hydrogen-bond acceptors (Lipinski definition) is 3. The zero-order valence-electron chi connectivity index (χ0n) is 14.2. The van der Waals surface area contributed by atoms with Gasteiger partial charge in [-0.25, -0.2) is 9.78 Å². The van der Waals surface area contributed by atoms with Crippen LogP contribution in [0.2, 0.25) is 0 Å². The molecule has 128 valence electrons. The maximum Gasteiger partial charge on any atom is 0.321 e. The number of para-hydroxylation sites is 1. The zero-order chi connectivity index (χ0) is 16.8. The van der Waals surface area contributed by atoms with Crippen molar-refractivity contribution in [3.8, 4) is 0 Å². The van der Waals surface area contributed by atoms with Gasteiger partial charge < -0.3 is 14.8 Å². The van der Waals surface area contributed by atoms with E-state index >= 15 is 0 Å². The van der Waals surface area contributed by atoms with Crippen LogP contribution in [0.25, 0.3) is 0 Å². The lowest BCUT2D eigenvalue weighted by Crippen LogP contribution is -2.50. The Morgan fingerprint density at radius 3 is 2.58 bits per heavy atom. The summed E-state index contributed by atoms with van der Waals surface area (Å²) >= 11 is 0. The number of urea groups is 1. The van der Waals surface area contributed by atoms with Crippen LogP contribution in [0.5, 0.6) is 0 Å². The predicted octanol–water partition coefficient (Wildman–Crippen LogP) is 2.30. The van der Waals surface area contributed by atoms with Crippen LogP contribution in [0.4, 0.5) is 10.5 Å². The van der Waals surface area contributed by atoms with Crippen molar-refractivity contribution < 1.29 is 4.79 Å². The van der Waals surface area contributed by atoms with Gasteiger partial charge in [0, 0.05) is 63.8 Å². The summed E-state index contributed by atoms with van der Waals surface area (Å²) in [5.74, 6) is 1.14. The van der Waals surface area contributed by atoms with Crippen molar-refractivity contribution in [1.82, 2.24) is 19.4 Å². The van der Waals surface area contributed by atoms with Crippen LogP contribution in [0.3, 0.4) is 0 Å². The fourth-order valence-electron chi connectivity index (χ4n) is 3.01. The molecule has 1 fully saturated rings. The number of nitrogens with zero attached hydrogens (tertiary/aromatic N) is 4. The molecule has 1 aliphatic heterocycles. The van der Waals surface area contributed by atoms with Crippen molar-refractivity contribution >= 4 is 11.7 Å². The molecule has 2 aromatic rings. The first-order valence-corrected chi connectivity index (χ1v) is 8.59. The summed E-state index contributed by atoms with van der Waals surface area (Å²) in [6.45, 7) is 7.45. The van der Waals surface area contributed by atoms with E-state index in [1.807, 2.05) is 47.6 Å². The summed E-state index contributed by atoms with van der Waals surface area (Å²) in [4.78, 5) is 20.9. The number of aromatic nitrogens is 2. The van der Waals surface area contributed by atoms with Gasteiger partial charge in [-0.3, -0.25) is 4.90 Å². The second-order valence-corrected chi connectivity index (χ2v) is 6.02. The van der Waals surface area contributed by atoms with Gasteiger partial charge >= 0.3 is 6.03 Å². The van der Waals surface area contributed by atoms with E-state index in [2.05, 4.69) is 26.7 Å². The van der Waals surface area contributed by atoms with Crippen molar-refractivity contribution in [2.45, 2.75) is 19.9 Å². The molecule has 24 heavy (non-hydrogen) atoms. The highest BCUT2D eigenvalue weighted by molar-refractivity contribution is 5.89. The van der Waals surface area contributed by atoms with Gasteiger partial charge in [0.15, 0.2) is 0 Å². The molecule has 0 aliphatic carbocycles. The maximum atomic E-state index is 12.3. The molecule has 0 saturated carbocycles. The standard InChI is InChI=1S/C18H25N5O/c1-2-17-19-8-9-22(17)13-10-21-11-14-23(15-12-21)18(24)20-16-6-4-3-5-7-16/h3-9H,2,10-15H2,1H3,(H,20,24). The van der Waals surface area contributed by atoms with Crippen LogP contribution in [0.15, 0.2) is 42.7 Å². The molecule has 2 heterocycles. The minimum Gasteiger partial charge on any atom is -0.334 e. The highest BCUT2D eigenvalue weighted by Gasteiger charge is 2.21. The summed E-state index contributed by atoms with van der Waals surface area (Å²) in [5, 5.41) is 2.95. The molecule has 0 bridgehead atoms. The first-order valence-electron chi connectivity index (χ1n) is 8.59. The molecule has 3 rings (SSSR count). The van der Waals surface area contributed by atoms with Crippen molar-refractivity contribution in [3.63, 3.8) is 0 Å². The van der Waals surface area contributed by atoms with Gasteiger partial charge in [-0.1, -0.05) is 25.1 Å². The molecular formula is C18H25N5O. The Kier molecular flexibility index (Phi) is 5.48. The monoisotopic (exact) mass is 327 g/mol. The van der Waals surface area contributed by atoms with E-state index in [0.717, 1.165) is 57.2 Å². The zero-order valence-corrected chi connectivity index (χ0v) is 14.2. The normalized spacial score (nSPS) is 15.5. The van der Waals surface area contributed by atoms with Gasteiger partial charge in [0.05, 0.1) is 0 Å². The Labute approximate surface area is 143 Å². The lowest BCUT2D eigenvalue weighted by molar-refractivity contribution is 0.144. The van der Waals surface area contributed by atoms with Gasteiger partial charge in [0.1, 0.15) is 5.82 Å². The number of benzene rings is 1. The third kappa shape index (κ3) is 4.14. The first kappa shape index (κ1) is 16.5. The molecule has 6 nitrogen and oxygen atoms in total. The van der Waals surface area contributed by atoms with E-state index in [4.69, 9.17) is 0 Å². The molecule has 0 radical (unpaired) electrons. The Morgan fingerprint density at radius 1 is 1.12 bits per heavy atom. The van der Waals surface area contributed by atoms with Gasteiger partial charge in [0.2, 0.25) is 0 Å². The SMILES string of the molecule is CCc1nccn1CCN1CCN(C(=O)Nc2ccccc2)CC1. The fourth-order valence-corrected chi connectivity index (χ4v) is 3.01. The second-order valence-electron chi connectivity index (χ2n) is 6.02. The molecule has 1 aromatic carbocycles. The number of imidazole rings is 1. The summed E-state index contributed by atoms with van der Waals surface area (Å²) in [7, 11) is 0. The number of piperazine rings is 1. The summed E-state index contributed by atoms with van der Waals surface area (Å²) in [6, 6.07) is 9.60. The Balaban J connectivity index is 1.43. The number of anilines is 1. The Bertz CT molecular complexity index is 646. The molecule has 1 saturated heterocycles. The number of carbonyl (C=O) groups is 1. The van der Waals surface area contributed by atoms with Gasteiger partial charge in [0.25, 0.3) is 0 Å². The van der Waals surface area contributed by atoms with Crippen LogP contribution >= 0.6 is 0 Å². The molecule has 0 atom stereocenters. The van der Waals surface area contributed by atoms with Crippen molar-refractivity contribution in [1.29, 1.82) is 0 Å². The van der Waals surface area contributed by atoms with E-state index < -0.39 is 0 Å². The molecule has 0 spiro atoms. The lowest BCUT2D eigenvalue weighted by Gasteiger charge is -2.34. The lowest BCUT2D eigenvalue weighted by atomic mass is 10.3. The van der Waals surface area contributed by atoms with E-state index in [1.54, 1.807) is 0 Å². The fraction of sp³-hybridized carbons (Fsp3) is 0.444. The quantitative estimate of drug-likeness (QED) is 0.917. The second kappa shape index (κ2) is 7.97. The van der Waals surface area contributed by atoms with Gasteiger partial charge in [-0.15, -0.1) is 0 Å². The molecule has 0 unspecified atom stereocenters. The van der Waals surface area contributed by atoms with Crippen LogP contribution < -0.4 is 5.32 Å². The minimum absolute atomic E-state index is 0.0104. The Morgan fingerprint density at radius 2 is 1.88 bits per heavy atom. The maximum absolute atomic E-state index is 12.3. The minimum atomic E-state index is -0.0104. The van der Waals surface area contributed by atoms with Crippen LogP contribution in [-0.2, 0) is 13.0 Å². The van der Waals surface area contributed by atoms with Crippen LogP contribution in [0, 0.1) is 0 Å². The number of aryl methyl sites for hydroxylation is 1. The first-order chi connectivity index (χ1) is 11.8. The van der Waals surface area contributed by atoms with E-state index in [1.165, 1.54) is 0 Å². The van der Waals surface area contributed by atoms with Gasteiger partial charge in [-0.05, 0) is 12.1 Å². The number of hydrogen-bond donors (Lipinski definition) is 1. The summed E-state index contributed by atoms with van der Waals surface area (Å²) in [6.07, 6.45) is 4.87. The third-order valence-electron chi connectivity index (χ3n) is 4.46. The van der Waals surface area contributed by atoms with Crippen LogP contribution in [-0.4, -0.2) is 58.1 Å². The summed E-state index contributed by atoms with van der Waals surface area (Å²) < 4.78 is 2.22. The van der Waals surface area contributed by atoms with E-state index in [0.29, 0.717) is 0 Å². The van der Waals surface area contributed by atoms with E-state index in [9.17, 15) is 4.79 Å². The highest BCUT2D eigenvalue weighted by atomic mass is 16.2. The predicted molar refractivity (Wildman–Crippen MR) is 95.1 cm³/mol. The number of carbonyl (C=O) groups excluding carboxylic acids is 1. The average molecular weight is 327 g/mol. The molecular weight excluding hydrogens is 302 g/mol. The Hall–Kier alpha value is -2.34. The van der Waals surface area contributed by atoms with Crippen molar-refractivity contribution in [3.05, 3.63) is 48.5 Å². The average Bonchev–Trinajstić information content (AvgIpc) is 3.09. The molecule has 6 heteroatoms.